The molecule has 0 saturated heterocycles. The molecular weight excluding hydrogens is 638 g/mol. The van der Waals surface area contributed by atoms with Crippen molar-refractivity contribution in [2.45, 2.75) is 102 Å². The molecule has 0 aliphatic carbocycles. The van der Waals surface area contributed by atoms with E-state index in [4.69, 9.17) is 11.5 Å². The summed E-state index contributed by atoms with van der Waals surface area (Å²) < 4.78 is 0. The van der Waals surface area contributed by atoms with Crippen molar-refractivity contribution in [3.63, 3.8) is 0 Å². The lowest BCUT2D eigenvalue weighted by molar-refractivity contribution is -0.142. The van der Waals surface area contributed by atoms with E-state index in [0.29, 0.717) is 31.6 Å². The van der Waals surface area contributed by atoms with E-state index in [-0.39, 0.29) is 18.8 Å². The summed E-state index contributed by atoms with van der Waals surface area (Å²) in [5, 5.41) is 40.5. The lowest BCUT2D eigenvalue weighted by Crippen LogP contribution is -2.60. The molecule has 17 nitrogen and oxygen atoms in total. The fourth-order valence-electron chi connectivity index (χ4n) is 4.32. The molecule has 6 atom stereocenters. The molecule has 270 valence electrons. The Balaban J connectivity index is 5.84. The summed E-state index contributed by atoms with van der Waals surface area (Å²) in [7, 11) is 0. The Labute approximate surface area is 279 Å². The van der Waals surface area contributed by atoms with Gasteiger partial charge in [-0.3, -0.25) is 28.8 Å². The molecule has 0 heterocycles. The van der Waals surface area contributed by atoms with Crippen LogP contribution in [0.2, 0.25) is 0 Å². The van der Waals surface area contributed by atoms with Gasteiger partial charge < -0.3 is 53.4 Å². The molecule has 0 aromatic carbocycles. The number of hydrogen-bond donors (Lipinski definition) is 10. The van der Waals surface area contributed by atoms with Gasteiger partial charge in [0, 0.05) is 0 Å². The summed E-state index contributed by atoms with van der Waals surface area (Å²) in [4.78, 5) is 88.2. The van der Waals surface area contributed by atoms with E-state index >= 15 is 0 Å². The molecule has 0 radical (unpaired) electrons. The number of thioether (sulfide) groups is 1. The third-order valence-corrected chi connectivity index (χ3v) is 7.59. The SMILES string of the molecule is CSCCC(NC(=O)C(CC(=O)O)NC(=O)C(NC(=O)C(N)CC(C)C)C(C)C)C(=O)NC(CO)C(=O)NC(CCCCN)C(=O)O. The Morgan fingerprint density at radius 2 is 1.23 bits per heavy atom. The Morgan fingerprint density at radius 1 is 0.702 bits per heavy atom. The molecule has 12 N–H and O–H groups in total. The second kappa shape index (κ2) is 22.9. The largest absolute Gasteiger partial charge is 0.481 e. The first kappa shape index (κ1) is 43.5. The standard InChI is InChI=1S/C29H53N7O10S/c1-15(2)12-17(31)24(40)36-23(16(3)4)28(44)34-20(13-22(38)39)26(42)32-18(9-11-47-5)25(41)35-21(14-37)27(43)33-19(29(45)46)8-6-7-10-30/h15-21,23,37H,6-14,30-31H2,1-5H3,(H,32,42)(H,33,43)(H,34,44)(H,35,41)(H,36,40)(H,38,39)(H,45,46). The summed E-state index contributed by atoms with van der Waals surface area (Å²) in [6, 6.07) is -7.91. The first-order valence-corrected chi connectivity index (χ1v) is 16.9. The summed E-state index contributed by atoms with van der Waals surface area (Å²) in [6.45, 7) is 6.47. The fraction of sp³-hybridized carbons (Fsp3) is 0.759. The third kappa shape index (κ3) is 17.3. The smallest absolute Gasteiger partial charge is 0.326 e. The van der Waals surface area contributed by atoms with E-state index in [0.717, 1.165) is 0 Å². The summed E-state index contributed by atoms with van der Waals surface area (Å²) in [6.07, 6.45) is 2.26. The maximum Gasteiger partial charge on any atom is 0.326 e. The minimum absolute atomic E-state index is 0.0154. The highest BCUT2D eigenvalue weighted by molar-refractivity contribution is 7.98. The molecule has 0 rings (SSSR count). The number of nitrogens with two attached hydrogens (primary N) is 2. The molecule has 18 heteroatoms. The van der Waals surface area contributed by atoms with E-state index in [1.807, 2.05) is 13.8 Å². The number of carboxylic acids is 2. The van der Waals surface area contributed by atoms with Crippen LogP contribution >= 0.6 is 11.8 Å². The van der Waals surface area contributed by atoms with Crippen molar-refractivity contribution >= 4 is 53.2 Å². The number of amides is 5. The van der Waals surface area contributed by atoms with Gasteiger partial charge in [0.1, 0.15) is 30.2 Å². The fourth-order valence-corrected chi connectivity index (χ4v) is 4.79. The van der Waals surface area contributed by atoms with Crippen molar-refractivity contribution in [2.24, 2.45) is 23.3 Å². The van der Waals surface area contributed by atoms with Gasteiger partial charge in [-0.25, -0.2) is 4.79 Å². The highest BCUT2D eigenvalue weighted by Crippen LogP contribution is 2.09. The summed E-state index contributed by atoms with van der Waals surface area (Å²) >= 11 is 1.33. The zero-order valence-corrected chi connectivity index (χ0v) is 28.6. The van der Waals surface area contributed by atoms with E-state index in [1.165, 1.54) is 11.8 Å². The topological polar surface area (TPSA) is 292 Å². The van der Waals surface area contributed by atoms with Crippen LogP contribution in [0.5, 0.6) is 0 Å². The van der Waals surface area contributed by atoms with Crippen LogP contribution in [0, 0.1) is 11.8 Å². The van der Waals surface area contributed by atoms with Crippen LogP contribution in [0.1, 0.15) is 66.2 Å². The number of carbonyl (C=O) groups excluding carboxylic acids is 5. The first-order valence-electron chi connectivity index (χ1n) is 15.5. The summed E-state index contributed by atoms with van der Waals surface area (Å²) in [5.41, 5.74) is 11.4. The van der Waals surface area contributed by atoms with Crippen LogP contribution < -0.4 is 38.1 Å². The maximum absolute atomic E-state index is 13.3. The van der Waals surface area contributed by atoms with Crippen LogP contribution in [0.25, 0.3) is 0 Å². The molecule has 0 aromatic heterocycles. The molecule has 6 unspecified atom stereocenters. The molecule has 0 spiro atoms. The molecule has 5 amide bonds. The number of unbranched alkanes of at least 4 members (excludes halogenated alkanes) is 1. The molecule has 0 saturated carbocycles. The van der Waals surface area contributed by atoms with Crippen molar-refractivity contribution in [2.75, 3.05) is 25.2 Å². The predicted molar refractivity (Wildman–Crippen MR) is 175 cm³/mol. The molecule has 0 aliphatic heterocycles. The van der Waals surface area contributed by atoms with Gasteiger partial charge in [0.25, 0.3) is 0 Å². The number of carboxylic acid groups (broad SMARTS) is 2. The van der Waals surface area contributed by atoms with E-state index < -0.39 is 96.7 Å². The Morgan fingerprint density at radius 3 is 1.72 bits per heavy atom. The third-order valence-electron chi connectivity index (χ3n) is 6.94. The average molecular weight is 692 g/mol. The number of nitrogens with one attached hydrogen (secondary N) is 5. The average Bonchev–Trinajstić information content (AvgIpc) is 2.98. The number of aliphatic carboxylic acids is 2. The minimum Gasteiger partial charge on any atom is -0.481 e. The quantitative estimate of drug-likeness (QED) is 0.0485. The lowest BCUT2D eigenvalue weighted by Gasteiger charge is -2.27. The second-order valence-electron chi connectivity index (χ2n) is 11.9. The van der Waals surface area contributed by atoms with Gasteiger partial charge in [-0.15, -0.1) is 0 Å². The van der Waals surface area contributed by atoms with Crippen LogP contribution in [-0.4, -0.2) is 118 Å². The van der Waals surface area contributed by atoms with Crippen molar-refractivity contribution in [3.8, 4) is 0 Å². The Bertz CT molecular complexity index is 1060. The highest BCUT2D eigenvalue weighted by Gasteiger charge is 2.34. The van der Waals surface area contributed by atoms with Gasteiger partial charge in [0.05, 0.1) is 19.1 Å². The molecule has 0 fully saturated rings. The van der Waals surface area contributed by atoms with E-state index in [2.05, 4.69) is 26.6 Å². The van der Waals surface area contributed by atoms with E-state index in [1.54, 1.807) is 20.1 Å². The van der Waals surface area contributed by atoms with Crippen LogP contribution in [0.4, 0.5) is 0 Å². The normalized spacial score (nSPS) is 15.0. The van der Waals surface area contributed by atoms with Gasteiger partial charge in [-0.2, -0.15) is 11.8 Å². The highest BCUT2D eigenvalue weighted by atomic mass is 32.2. The van der Waals surface area contributed by atoms with E-state index in [9.17, 15) is 48.9 Å². The monoisotopic (exact) mass is 691 g/mol. The zero-order chi connectivity index (χ0) is 36.3. The van der Waals surface area contributed by atoms with Crippen molar-refractivity contribution < 1.29 is 48.9 Å². The zero-order valence-electron chi connectivity index (χ0n) is 27.7. The number of rotatable bonds is 24. The number of hydrogen-bond acceptors (Lipinski definition) is 11. The molecular formula is C29H53N7O10S. The molecule has 0 aromatic rings. The van der Waals surface area contributed by atoms with Gasteiger partial charge in [0.2, 0.25) is 29.5 Å². The Hall–Kier alpha value is -3.48. The first-order chi connectivity index (χ1) is 22.0. The van der Waals surface area contributed by atoms with Gasteiger partial charge in [-0.05, 0) is 62.5 Å². The van der Waals surface area contributed by atoms with Crippen LogP contribution in [0.3, 0.4) is 0 Å². The van der Waals surface area contributed by atoms with Crippen molar-refractivity contribution in [3.05, 3.63) is 0 Å². The summed E-state index contributed by atoms with van der Waals surface area (Å²) in [5.74, 6) is -7.11. The van der Waals surface area contributed by atoms with Crippen LogP contribution in [-0.2, 0) is 33.6 Å². The minimum atomic E-state index is -1.66. The van der Waals surface area contributed by atoms with Gasteiger partial charge in [-0.1, -0.05) is 27.7 Å². The number of aliphatic hydroxyl groups excluding tert-OH is 1. The molecule has 0 aliphatic rings. The number of carbonyl (C=O) groups is 7. The van der Waals surface area contributed by atoms with Gasteiger partial charge >= 0.3 is 11.9 Å². The van der Waals surface area contributed by atoms with Crippen LogP contribution in [0.15, 0.2) is 0 Å². The lowest BCUT2D eigenvalue weighted by atomic mass is 10.00. The van der Waals surface area contributed by atoms with Gasteiger partial charge in [0.15, 0.2) is 0 Å². The predicted octanol–water partition coefficient (Wildman–Crippen LogP) is -2.13. The second-order valence-corrected chi connectivity index (χ2v) is 12.9. The van der Waals surface area contributed by atoms with Crippen molar-refractivity contribution in [1.82, 2.24) is 26.6 Å². The Kier molecular flexibility index (Phi) is 21.2. The maximum atomic E-state index is 13.3. The molecule has 47 heavy (non-hydrogen) atoms. The number of aliphatic hydroxyl groups is 1. The van der Waals surface area contributed by atoms with Crippen molar-refractivity contribution in [1.29, 1.82) is 0 Å². The molecule has 0 bridgehead atoms.